The first-order chi connectivity index (χ1) is 16.5. The van der Waals surface area contributed by atoms with Gasteiger partial charge in [0.2, 0.25) is 5.91 Å². The quantitative estimate of drug-likeness (QED) is 0.543. The van der Waals surface area contributed by atoms with Gasteiger partial charge in [-0.15, -0.1) is 0 Å². The lowest BCUT2D eigenvalue weighted by Crippen LogP contribution is -2.52. The van der Waals surface area contributed by atoms with Gasteiger partial charge in [0, 0.05) is 37.4 Å². The van der Waals surface area contributed by atoms with Gasteiger partial charge in [-0.2, -0.15) is 0 Å². The third kappa shape index (κ3) is 5.41. The van der Waals surface area contributed by atoms with Crippen LogP contribution in [0, 0.1) is 5.92 Å². The van der Waals surface area contributed by atoms with Crippen molar-refractivity contribution in [1.82, 2.24) is 10.2 Å². The predicted molar refractivity (Wildman–Crippen MR) is 128 cm³/mol. The van der Waals surface area contributed by atoms with Gasteiger partial charge in [0.15, 0.2) is 0 Å². The number of amides is 2. The lowest BCUT2D eigenvalue weighted by molar-refractivity contribution is -0.145. The summed E-state index contributed by atoms with van der Waals surface area (Å²) in [6.45, 7) is 3.24. The Labute approximate surface area is 200 Å². The first kappa shape index (κ1) is 23.8. The summed E-state index contributed by atoms with van der Waals surface area (Å²) >= 11 is 0. The Hall–Kier alpha value is -3.35. The summed E-state index contributed by atoms with van der Waals surface area (Å²) in [6.07, 6.45) is 2.32. The highest BCUT2D eigenvalue weighted by atomic mass is 16.5. The van der Waals surface area contributed by atoms with Crippen molar-refractivity contribution in [2.75, 3.05) is 19.7 Å². The van der Waals surface area contributed by atoms with Crippen molar-refractivity contribution < 1.29 is 24.2 Å². The molecular weight excluding hydrogens is 432 g/mol. The van der Waals surface area contributed by atoms with E-state index < -0.39 is 12.1 Å². The molecule has 7 heteroatoms. The molecule has 0 saturated carbocycles. The topological polar surface area (TPSA) is 95.9 Å². The molecule has 1 aliphatic carbocycles. The van der Waals surface area contributed by atoms with E-state index in [0.29, 0.717) is 19.5 Å². The van der Waals surface area contributed by atoms with Gasteiger partial charge in [-0.3, -0.25) is 9.59 Å². The van der Waals surface area contributed by atoms with Crippen LogP contribution in [-0.2, 0) is 14.3 Å². The van der Waals surface area contributed by atoms with Crippen LogP contribution in [0.4, 0.5) is 4.79 Å². The maximum Gasteiger partial charge on any atom is 0.407 e. The SMILES string of the molecule is CCCC[C@@H](CC(=O)N1CC(CC(=O)O)C1)NC(=O)OCC1c2ccccc2-c2ccccc21. The van der Waals surface area contributed by atoms with E-state index in [-0.39, 0.29) is 43.2 Å². The minimum atomic E-state index is -0.838. The van der Waals surface area contributed by atoms with Gasteiger partial charge < -0.3 is 20.1 Å². The fourth-order valence-corrected chi connectivity index (χ4v) is 4.97. The zero-order valence-electron chi connectivity index (χ0n) is 19.5. The minimum absolute atomic E-state index is 0.0128. The molecule has 1 saturated heterocycles. The molecule has 34 heavy (non-hydrogen) atoms. The average molecular weight is 465 g/mol. The van der Waals surface area contributed by atoms with E-state index >= 15 is 0 Å². The number of carboxylic acid groups (broad SMARTS) is 1. The normalized spacial score (nSPS) is 15.7. The second kappa shape index (κ2) is 10.7. The van der Waals surface area contributed by atoms with E-state index in [4.69, 9.17) is 9.84 Å². The molecule has 0 unspecified atom stereocenters. The number of likely N-dealkylation sites (tertiary alicyclic amines) is 1. The number of unbranched alkanes of at least 4 members (excludes halogenated alkanes) is 1. The number of benzene rings is 2. The van der Waals surface area contributed by atoms with Crippen molar-refractivity contribution in [2.45, 2.75) is 51.0 Å². The Morgan fingerprint density at radius 3 is 2.26 bits per heavy atom. The third-order valence-electron chi connectivity index (χ3n) is 6.77. The molecule has 2 amide bonds. The zero-order valence-corrected chi connectivity index (χ0v) is 19.5. The number of carbonyl (C=O) groups is 3. The van der Waals surface area contributed by atoms with Gasteiger partial charge in [-0.25, -0.2) is 4.79 Å². The molecule has 2 aliphatic rings. The Morgan fingerprint density at radius 2 is 1.68 bits per heavy atom. The van der Waals surface area contributed by atoms with E-state index in [2.05, 4.69) is 36.5 Å². The standard InChI is InChI=1S/C27H32N2O5/c1-2-3-8-19(14-25(30)29-15-18(16-29)13-26(31)32)28-27(33)34-17-24-22-11-6-4-9-20(22)21-10-5-7-12-23(21)24/h4-7,9-12,18-19,24H,2-3,8,13-17H2,1H3,(H,28,33)(H,31,32)/t19-/m0/s1. The molecule has 0 spiro atoms. The molecule has 7 nitrogen and oxygen atoms in total. The highest BCUT2D eigenvalue weighted by molar-refractivity contribution is 5.80. The van der Waals surface area contributed by atoms with Gasteiger partial charge in [0.1, 0.15) is 6.61 Å². The summed E-state index contributed by atoms with van der Waals surface area (Å²) in [5.41, 5.74) is 4.66. The van der Waals surface area contributed by atoms with Crippen LogP contribution < -0.4 is 5.32 Å². The summed E-state index contributed by atoms with van der Waals surface area (Å²) in [6, 6.07) is 16.1. The molecule has 2 aromatic rings. The second-order valence-corrected chi connectivity index (χ2v) is 9.28. The number of carbonyl (C=O) groups excluding carboxylic acids is 2. The van der Waals surface area contributed by atoms with E-state index in [1.165, 1.54) is 11.1 Å². The van der Waals surface area contributed by atoms with Crippen LogP contribution in [0.25, 0.3) is 11.1 Å². The lowest BCUT2D eigenvalue weighted by atomic mass is 9.95. The summed E-state index contributed by atoms with van der Waals surface area (Å²) in [7, 11) is 0. The number of ether oxygens (including phenoxy) is 1. The molecular formula is C27H32N2O5. The summed E-state index contributed by atoms with van der Waals surface area (Å²) in [4.78, 5) is 37.8. The van der Waals surface area contributed by atoms with Gasteiger partial charge in [-0.05, 0) is 28.7 Å². The molecule has 180 valence electrons. The predicted octanol–water partition coefficient (Wildman–Crippen LogP) is 4.41. The number of aliphatic carboxylic acids is 1. The highest BCUT2D eigenvalue weighted by Gasteiger charge is 2.33. The molecule has 1 atom stereocenters. The first-order valence-corrected chi connectivity index (χ1v) is 12.1. The van der Waals surface area contributed by atoms with Crippen molar-refractivity contribution in [3.63, 3.8) is 0 Å². The number of alkyl carbamates (subject to hydrolysis) is 1. The second-order valence-electron chi connectivity index (χ2n) is 9.28. The Morgan fingerprint density at radius 1 is 1.06 bits per heavy atom. The van der Waals surface area contributed by atoms with Crippen LogP contribution in [0.3, 0.4) is 0 Å². The van der Waals surface area contributed by atoms with Crippen LogP contribution in [0.5, 0.6) is 0 Å². The van der Waals surface area contributed by atoms with Gasteiger partial charge >= 0.3 is 12.1 Å². The molecule has 0 aromatic heterocycles. The van der Waals surface area contributed by atoms with Crippen LogP contribution in [0.1, 0.15) is 56.1 Å². The van der Waals surface area contributed by atoms with E-state index in [1.54, 1.807) is 4.90 Å². The Bertz CT molecular complexity index is 1000. The van der Waals surface area contributed by atoms with E-state index in [9.17, 15) is 14.4 Å². The fourth-order valence-electron chi connectivity index (χ4n) is 4.97. The number of hydrogen-bond donors (Lipinski definition) is 2. The molecule has 4 rings (SSSR count). The Balaban J connectivity index is 1.32. The van der Waals surface area contributed by atoms with Crippen molar-refractivity contribution in [1.29, 1.82) is 0 Å². The third-order valence-corrected chi connectivity index (χ3v) is 6.77. The molecule has 1 heterocycles. The van der Waals surface area contributed by atoms with Crippen LogP contribution in [-0.4, -0.2) is 53.7 Å². The van der Waals surface area contributed by atoms with Crippen LogP contribution in [0.2, 0.25) is 0 Å². The summed E-state index contributed by atoms with van der Waals surface area (Å²) in [5, 5.41) is 11.8. The number of rotatable bonds is 10. The molecule has 2 N–H and O–H groups in total. The van der Waals surface area contributed by atoms with Crippen molar-refractivity contribution in [3.05, 3.63) is 59.7 Å². The van der Waals surface area contributed by atoms with Crippen molar-refractivity contribution in [2.24, 2.45) is 5.92 Å². The maximum absolute atomic E-state index is 12.7. The molecule has 0 radical (unpaired) electrons. The van der Waals surface area contributed by atoms with Gasteiger partial charge in [0.05, 0.1) is 6.42 Å². The molecule has 1 fully saturated rings. The summed E-state index contributed by atoms with van der Waals surface area (Å²) < 4.78 is 5.65. The fraction of sp³-hybridized carbons (Fsp3) is 0.444. The lowest BCUT2D eigenvalue weighted by Gasteiger charge is -2.39. The van der Waals surface area contributed by atoms with E-state index in [1.807, 2.05) is 24.3 Å². The van der Waals surface area contributed by atoms with Crippen molar-refractivity contribution >= 4 is 18.0 Å². The maximum atomic E-state index is 12.7. The molecule has 0 bridgehead atoms. The smallest absolute Gasteiger partial charge is 0.407 e. The first-order valence-electron chi connectivity index (χ1n) is 12.1. The number of nitrogens with one attached hydrogen (secondary N) is 1. The summed E-state index contributed by atoms with van der Waals surface area (Å²) in [5.74, 6) is -0.886. The number of nitrogens with zero attached hydrogens (tertiary/aromatic N) is 1. The molecule has 1 aliphatic heterocycles. The average Bonchev–Trinajstić information content (AvgIpc) is 3.11. The Kier molecular flexibility index (Phi) is 7.50. The van der Waals surface area contributed by atoms with Crippen LogP contribution in [0.15, 0.2) is 48.5 Å². The highest BCUT2D eigenvalue weighted by Crippen LogP contribution is 2.44. The minimum Gasteiger partial charge on any atom is -0.481 e. The van der Waals surface area contributed by atoms with Crippen LogP contribution >= 0.6 is 0 Å². The van der Waals surface area contributed by atoms with Crippen molar-refractivity contribution in [3.8, 4) is 11.1 Å². The van der Waals surface area contributed by atoms with E-state index in [0.717, 1.165) is 24.0 Å². The van der Waals surface area contributed by atoms with Gasteiger partial charge in [0.25, 0.3) is 0 Å². The molecule has 2 aromatic carbocycles. The zero-order chi connectivity index (χ0) is 24.1. The number of fused-ring (bicyclic) bond motifs is 3. The number of carboxylic acids is 1. The van der Waals surface area contributed by atoms with Gasteiger partial charge in [-0.1, -0.05) is 68.3 Å². The monoisotopic (exact) mass is 464 g/mol. The number of hydrogen-bond acceptors (Lipinski definition) is 4. The largest absolute Gasteiger partial charge is 0.481 e.